The largest absolute Gasteiger partial charge is 0.385 e. The first-order chi connectivity index (χ1) is 16.2. The van der Waals surface area contributed by atoms with Gasteiger partial charge in [-0.25, -0.2) is 4.98 Å². The van der Waals surface area contributed by atoms with Crippen molar-refractivity contribution < 1.29 is 9.53 Å². The molecule has 0 aliphatic rings. The summed E-state index contributed by atoms with van der Waals surface area (Å²) in [4.78, 5) is 17.9. The van der Waals surface area contributed by atoms with Crippen LogP contribution in [0.3, 0.4) is 0 Å². The SMILES string of the molecule is CCn1nc(C)cc1C(=O)Nc1nc2cc(C#N)cc(C)c2n1CC(C)(C)CNCCCOC. The first-order valence-electron chi connectivity index (χ1n) is 11.7. The van der Waals surface area contributed by atoms with E-state index < -0.39 is 0 Å². The molecule has 3 rings (SSSR count). The van der Waals surface area contributed by atoms with Crippen LogP contribution in [0, 0.1) is 30.6 Å². The number of nitrogens with one attached hydrogen (secondary N) is 2. The van der Waals surface area contributed by atoms with E-state index in [-0.39, 0.29) is 11.3 Å². The van der Waals surface area contributed by atoms with Crippen molar-refractivity contribution in [3.8, 4) is 6.07 Å². The quantitative estimate of drug-likeness (QED) is 0.418. The maximum atomic E-state index is 13.2. The van der Waals surface area contributed by atoms with Gasteiger partial charge in [0.1, 0.15) is 5.69 Å². The van der Waals surface area contributed by atoms with Crippen LogP contribution in [0.25, 0.3) is 11.0 Å². The Morgan fingerprint density at radius 3 is 2.71 bits per heavy atom. The Morgan fingerprint density at radius 1 is 1.26 bits per heavy atom. The second-order valence-electron chi connectivity index (χ2n) is 9.42. The molecule has 9 nitrogen and oxygen atoms in total. The number of hydrogen-bond acceptors (Lipinski definition) is 6. The number of nitrogens with zero attached hydrogens (tertiary/aromatic N) is 5. The molecule has 2 heterocycles. The predicted molar refractivity (Wildman–Crippen MR) is 133 cm³/mol. The number of fused-ring (bicyclic) bond motifs is 1. The second-order valence-corrected chi connectivity index (χ2v) is 9.42. The number of aromatic nitrogens is 4. The molecular formula is C25H35N7O2. The Morgan fingerprint density at radius 2 is 2.03 bits per heavy atom. The van der Waals surface area contributed by atoms with Gasteiger partial charge in [-0.3, -0.25) is 14.8 Å². The first-order valence-corrected chi connectivity index (χ1v) is 11.7. The lowest BCUT2D eigenvalue weighted by molar-refractivity contribution is 0.101. The first kappa shape index (κ1) is 25.4. The van der Waals surface area contributed by atoms with Crippen LogP contribution in [-0.4, -0.2) is 52.0 Å². The monoisotopic (exact) mass is 465 g/mol. The molecule has 0 radical (unpaired) electrons. The number of methoxy groups -OCH3 is 1. The van der Waals surface area contributed by atoms with Crippen molar-refractivity contribution in [3.05, 3.63) is 40.7 Å². The Hall–Kier alpha value is -3.22. The molecule has 1 aromatic carbocycles. The van der Waals surface area contributed by atoms with Crippen LogP contribution in [0.1, 0.15) is 54.5 Å². The summed E-state index contributed by atoms with van der Waals surface area (Å²) in [5, 5.41) is 20.3. The van der Waals surface area contributed by atoms with E-state index in [1.54, 1.807) is 23.9 Å². The standard InChI is InChI=1S/C25H35N7O2/c1-7-32-21(12-18(3)30-32)23(33)29-24-28-20-13-19(14-26)11-17(2)22(20)31(24)16-25(4,5)15-27-9-8-10-34-6/h11-13,27H,7-10,15-16H2,1-6H3,(H,28,29,33). The molecule has 9 heteroatoms. The summed E-state index contributed by atoms with van der Waals surface area (Å²) < 4.78 is 8.87. The van der Waals surface area contributed by atoms with Gasteiger partial charge in [0, 0.05) is 33.4 Å². The van der Waals surface area contributed by atoms with Crippen molar-refractivity contribution in [2.45, 2.75) is 54.1 Å². The molecule has 3 aromatic rings. The fraction of sp³-hybridized carbons (Fsp3) is 0.520. The van der Waals surface area contributed by atoms with E-state index in [9.17, 15) is 10.1 Å². The van der Waals surface area contributed by atoms with Crippen molar-refractivity contribution in [2.75, 3.05) is 32.1 Å². The zero-order valence-electron chi connectivity index (χ0n) is 21.0. The van der Waals surface area contributed by atoms with Gasteiger partial charge >= 0.3 is 0 Å². The Kier molecular flexibility index (Phi) is 8.07. The molecule has 0 unspecified atom stereocenters. The third kappa shape index (κ3) is 5.82. The summed E-state index contributed by atoms with van der Waals surface area (Å²) >= 11 is 0. The molecule has 182 valence electrons. The van der Waals surface area contributed by atoms with Crippen molar-refractivity contribution in [2.24, 2.45) is 5.41 Å². The number of carbonyl (C=O) groups excluding carboxylic acids is 1. The van der Waals surface area contributed by atoms with Crippen LogP contribution in [-0.2, 0) is 17.8 Å². The highest BCUT2D eigenvalue weighted by molar-refractivity contribution is 6.03. The molecule has 1 amide bonds. The molecule has 0 spiro atoms. The van der Waals surface area contributed by atoms with Gasteiger partial charge < -0.3 is 14.6 Å². The highest BCUT2D eigenvalue weighted by Crippen LogP contribution is 2.29. The number of imidazole rings is 1. The molecule has 0 aliphatic heterocycles. The smallest absolute Gasteiger partial charge is 0.276 e. The fourth-order valence-corrected chi connectivity index (χ4v) is 4.18. The second kappa shape index (κ2) is 10.8. The van der Waals surface area contributed by atoms with E-state index in [1.165, 1.54) is 0 Å². The number of amides is 1. The summed E-state index contributed by atoms with van der Waals surface area (Å²) in [6.45, 7) is 13.8. The van der Waals surface area contributed by atoms with Crippen LogP contribution in [0.5, 0.6) is 0 Å². The summed E-state index contributed by atoms with van der Waals surface area (Å²) in [5.74, 6) is 0.208. The number of ether oxygens (including phenoxy) is 1. The molecular weight excluding hydrogens is 430 g/mol. The van der Waals surface area contributed by atoms with Crippen molar-refractivity contribution >= 4 is 22.9 Å². The highest BCUT2D eigenvalue weighted by atomic mass is 16.5. The van der Waals surface area contributed by atoms with Gasteiger partial charge in [-0.05, 0) is 62.9 Å². The molecule has 34 heavy (non-hydrogen) atoms. The van der Waals surface area contributed by atoms with Gasteiger partial charge in [-0.15, -0.1) is 0 Å². The Balaban J connectivity index is 1.95. The van der Waals surface area contributed by atoms with Crippen molar-refractivity contribution in [1.82, 2.24) is 24.6 Å². The summed E-state index contributed by atoms with van der Waals surface area (Å²) in [7, 11) is 1.71. The van der Waals surface area contributed by atoms with Gasteiger partial charge in [0.15, 0.2) is 0 Å². The number of anilines is 1. The molecule has 0 saturated heterocycles. The lowest BCUT2D eigenvalue weighted by Gasteiger charge is -2.27. The number of nitriles is 1. The average molecular weight is 466 g/mol. The van der Waals surface area contributed by atoms with E-state index in [0.717, 1.165) is 42.9 Å². The molecule has 0 aliphatic carbocycles. The van der Waals surface area contributed by atoms with E-state index in [2.05, 4.69) is 40.2 Å². The predicted octanol–water partition coefficient (Wildman–Crippen LogP) is 3.65. The summed E-state index contributed by atoms with van der Waals surface area (Å²) in [6, 6.07) is 7.60. The molecule has 2 N–H and O–H groups in total. The minimum Gasteiger partial charge on any atom is -0.385 e. The number of hydrogen-bond donors (Lipinski definition) is 2. The van der Waals surface area contributed by atoms with Crippen molar-refractivity contribution in [3.63, 3.8) is 0 Å². The van der Waals surface area contributed by atoms with Crippen molar-refractivity contribution in [1.29, 1.82) is 5.26 Å². The number of benzene rings is 1. The lowest BCUT2D eigenvalue weighted by atomic mass is 9.93. The van der Waals surface area contributed by atoms with Crippen LogP contribution in [0.4, 0.5) is 5.95 Å². The van der Waals surface area contributed by atoms with Gasteiger partial charge in [-0.2, -0.15) is 10.4 Å². The lowest BCUT2D eigenvalue weighted by Crippen LogP contribution is -2.34. The highest BCUT2D eigenvalue weighted by Gasteiger charge is 2.25. The number of carbonyl (C=O) groups is 1. The maximum Gasteiger partial charge on any atom is 0.276 e. The number of aryl methyl sites for hydroxylation is 3. The molecule has 0 saturated carbocycles. The zero-order valence-corrected chi connectivity index (χ0v) is 21.0. The van der Waals surface area contributed by atoms with E-state index in [0.29, 0.717) is 35.8 Å². The van der Waals surface area contributed by atoms with Crippen LogP contribution in [0.15, 0.2) is 18.2 Å². The Labute approximate surface area is 201 Å². The summed E-state index contributed by atoms with van der Waals surface area (Å²) in [6.07, 6.45) is 0.947. The molecule has 0 fully saturated rings. The van der Waals surface area contributed by atoms with E-state index in [1.807, 2.05) is 26.8 Å². The van der Waals surface area contributed by atoms with Crippen LogP contribution < -0.4 is 10.6 Å². The normalized spacial score (nSPS) is 11.7. The molecule has 0 atom stereocenters. The zero-order chi connectivity index (χ0) is 24.9. The number of rotatable bonds is 11. The molecule has 0 bridgehead atoms. The topological polar surface area (TPSA) is 110 Å². The third-order valence-electron chi connectivity index (χ3n) is 5.71. The summed E-state index contributed by atoms with van der Waals surface area (Å²) in [5.41, 5.74) is 4.26. The third-order valence-corrected chi connectivity index (χ3v) is 5.71. The Bertz CT molecular complexity index is 1200. The van der Waals surface area contributed by atoms with Gasteiger partial charge in [-0.1, -0.05) is 13.8 Å². The minimum absolute atomic E-state index is 0.123. The van der Waals surface area contributed by atoms with Gasteiger partial charge in [0.25, 0.3) is 5.91 Å². The van der Waals surface area contributed by atoms with Crippen LogP contribution >= 0.6 is 0 Å². The fourth-order valence-electron chi connectivity index (χ4n) is 4.18. The van der Waals surface area contributed by atoms with E-state index in [4.69, 9.17) is 9.72 Å². The molecule has 2 aromatic heterocycles. The van der Waals surface area contributed by atoms with Gasteiger partial charge in [0.2, 0.25) is 5.95 Å². The van der Waals surface area contributed by atoms with E-state index >= 15 is 0 Å². The van der Waals surface area contributed by atoms with Crippen LogP contribution in [0.2, 0.25) is 0 Å². The van der Waals surface area contributed by atoms with Gasteiger partial charge in [0.05, 0.1) is 28.4 Å². The average Bonchev–Trinajstić information content (AvgIpc) is 3.33. The maximum absolute atomic E-state index is 13.2. The minimum atomic E-state index is -0.257.